The van der Waals surface area contributed by atoms with E-state index in [4.69, 9.17) is 4.74 Å². The summed E-state index contributed by atoms with van der Waals surface area (Å²) < 4.78 is 6.64. The summed E-state index contributed by atoms with van der Waals surface area (Å²) in [6, 6.07) is 0. The highest BCUT2D eigenvalue weighted by atomic mass is 16.6. The molecule has 0 spiro atoms. The molecule has 0 unspecified atom stereocenters. The molecule has 0 N–H and O–H groups in total. The highest BCUT2D eigenvalue weighted by Gasteiger charge is 2.61. The van der Waals surface area contributed by atoms with Crippen LogP contribution in [0.25, 0.3) is 0 Å². The van der Waals surface area contributed by atoms with Crippen molar-refractivity contribution in [2.75, 3.05) is 0 Å². The summed E-state index contributed by atoms with van der Waals surface area (Å²) >= 11 is 0. The van der Waals surface area contributed by atoms with Gasteiger partial charge in [-0.2, -0.15) is 0 Å². The molecule has 0 aliphatic heterocycles. The molecule has 144 valence electrons. The van der Waals surface area contributed by atoms with Gasteiger partial charge >= 0.3 is 5.97 Å². The van der Waals surface area contributed by atoms with Crippen molar-refractivity contribution in [1.82, 2.24) is 0 Å². The third kappa shape index (κ3) is 2.69. The lowest BCUT2D eigenvalue weighted by Gasteiger charge is -2.61. The Bertz CT molecular complexity index is 489. The molecular formula is C23H40O2. The van der Waals surface area contributed by atoms with Gasteiger partial charge in [0.25, 0.3) is 0 Å². The predicted molar refractivity (Wildman–Crippen MR) is 103 cm³/mol. The Balaban J connectivity index is 1.93. The molecule has 4 bridgehead atoms. The van der Waals surface area contributed by atoms with Gasteiger partial charge in [0.15, 0.2) is 0 Å². The third-order valence-corrected chi connectivity index (χ3v) is 8.76. The van der Waals surface area contributed by atoms with Crippen LogP contribution in [0.1, 0.15) is 93.9 Å². The Morgan fingerprint density at radius 1 is 0.840 bits per heavy atom. The van der Waals surface area contributed by atoms with Gasteiger partial charge in [-0.15, -0.1) is 0 Å². The minimum atomic E-state index is -0.503. The number of carbonyl (C=O) groups is 1. The summed E-state index contributed by atoms with van der Waals surface area (Å²) in [4.78, 5) is 13.7. The predicted octanol–water partition coefficient (Wildman–Crippen LogP) is 6.23. The standard InChI is InChI=1S/C23H40O2/c1-9-23(17-11-15-10-16(13-17)14-18(23)12-15)25-19(24)22(8,20(2,3)4)21(5,6)7/h15-18H,9-14H2,1-8H3. The molecule has 4 aliphatic rings. The quantitative estimate of drug-likeness (QED) is 0.565. The minimum Gasteiger partial charge on any atom is -0.458 e. The van der Waals surface area contributed by atoms with Gasteiger partial charge in [0.2, 0.25) is 0 Å². The minimum absolute atomic E-state index is 0.0434. The van der Waals surface area contributed by atoms with E-state index in [0.29, 0.717) is 11.8 Å². The first-order valence-electron chi connectivity index (χ1n) is 10.6. The van der Waals surface area contributed by atoms with Crippen LogP contribution in [0.5, 0.6) is 0 Å². The van der Waals surface area contributed by atoms with Crippen molar-refractivity contribution in [2.45, 2.75) is 99.5 Å². The van der Waals surface area contributed by atoms with Crippen molar-refractivity contribution >= 4 is 5.97 Å². The van der Waals surface area contributed by atoms with Crippen LogP contribution >= 0.6 is 0 Å². The number of rotatable bonds is 3. The first-order chi connectivity index (χ1) is 11.3. The Kier molecular flexibility index (Phi) is 4.41. The lowest BCUT2D eigenvalue weighted by molar-refractivity contribution is -0.229. The summed E-state index contributed by atoms with van der Waals surface area (Å²) in [5.41, 5.74) is -0.967. The highest BCUT2D eigenvalue weighted by molar-refractivity contribution is 5.79. The second-order valence-electron chi connectivity index (χ2n) is 11.6. The Labute approximate surface area is 155 Å². The molecule has 4 rings (SSSR count). The Morgan fingerprint density at radius 3 is 1.56 bits per heavy atom. The van der Waals surface area contributed by atoms with E-state index in [0.717, 1.165) is 18.3 Å². The van der Waals surface area contributed by atoms with Gasteiger partial charge in [-0.05, 0) is 80.0 Å². The largest absolute Gasteiger partial charge is 0.458 e. The molecule has 4 aliphatic carbocycles. The van der Waals surface area contributed by atoms with E-state index < -0.39 is 5.41 Å². The molecule has 0 amide bonds. The number of carbonyl (C=O) groups excluding carboxylic acids is 1. The van der Waals surface area contributed by atoms with E-state index >= 15 is 0 Å². The molecule has 0 radical (unpaired) electrons. The van der Waals surface area contributed by atoms with E-state index in [-0.39, 0.29) is 22.4 Å². The number of esters is 1. The fraction of sp³-hybridized carbons (Fsp3) is 0.957. The van der Waals surface area contributed by atoms with E-state index in [1.54, 1.807) is 0 Å². The van der Waals surface area contributed by atoms with Crippen molar-refractivity contribution in [3.05, 3.63) is 0 Å². The molecule has 4 saturated carbocycles. The van der Waals surface area contributed by atoms with Crippen LogP contribution in [0.2, 0.25) is 0 Å². The molecule has 2 heteroatoms. The van der Waals surface area contributed by atoms with Crippen molar-refractivity contribution in [1.29, 1.82) is 0 Å². The van der Waals surface area contributed by atoms with Crippen LogP contribution in [0.3, 0.4) is 0 Å². The fourth-order valence-electron chi connectivity index (χ4n) is 6.81. The van der Waals surface area contributed by atoms with E-state index in [2.05, 4.69) is 55.4 Å². The molecule has 0 aromatic heterocycles. The van der Waals surface area contributed by atoms with Gasteiger partial charge in [-0.3, -0.25) is 4.79 Å². The van der Waals surface area contributed by atoms with E-state index in [9.17, 15) is 4.79 Å². The maximum Gasteiger partial charge on any atom is 0.313 e. The van der Waals surface area contributed by atoms with Gasteiger partial charge in [0.05, 0.1) is 5.41 Å². The van der Waals surface area contributed by atoms with Crippen molar-refractivity contribution in [2.24, 2.45) is 39.9 Å². The van der Waals surface area contributed by atoms with Crippen LogP contribution in [-0.4, -0.2) is 11.6 Å². The van der Waals surface area contributed by atoms with Crippen LogP contribution in [0.4, 0.5) is 0 Å². The van der Waals surface area contributed by atoms with Crippen molar-refractivity contribution in [3.8, 4) is 0 Å². The van der Waals surface area contributed by atoms with Crippen LogP contribution in [0.15, 0.2) is 0 Å². The molecule has 2 nitrogen and oxygen atoms in total. The summed E-state index contributed by atoms with van der Waals surface area (Å²) in [7, 11) is 0. The number of hydrogen-bond donors (Lipinski definition) is 0. The molecule has 0 aromatic carbocycles. The molecule has 0 aromatic rings. The van der Waals surface area contributed by atoms with Crippen LogP contribution in [0, 0.1) is 39.9 Å². The van der Waals surface area contributed by atoms with Gasteiger partial charge < -0.3 is 4.74 Å². The van der Waals surface area contributed by atoms with Gasteiger partial charge in [-0.1, -0.05) is 48.5 Å². The number of ether oxygens (including phenoxy) is 1. The van der Waals surface area contributed by atoms with Gasteiger partial charge in [0.1, 0.15) is 5.60 Å². The first-order valence-corrected chi connectivity index (χ1v) is 10.6. The Hall–Kier alpha value is -0.530. The molecule has 4 fully saturated rings. The maximum absolute atomic E-state index is 13.7. The third-order valence-electron chi connectivity index (χ3n) is 8.76. The topological polar surface area (TPSA) is 26.3 Å². The monoisotopic (exact) mass is 348 g/mol. The van der Waals surface area contributed by atoms with Crippen LogP contribution in [-0.2, 0) is 9.53 Å². The average molecular weight is 349 g/mol. The summed E-state index contributed by atoms with van der Waals surface area (Å²) in [6.07, 6.45) is 7.57. The zero-order valence-electron chi connectivity index (χ0n) is 17.9. The van der Waals surface area contributed by atoms with Crippen molar-refractivity contribution in [3.63, 3.8) is 0 Å². The smallest absolute Gasteiger partial charge is 0.313 e. The normalized spacial score (nSPS) is 38.1. The van der Waals surface area contributed by atoms with Gasteiger partial charge in [0, 0.05) is 0 Å². The van der Waals surface area contributed by atoms with Gasteiger partial charge in [-0.25, -0.2) is 0 Å². The summed E-state index contributed by atoms with van der Waals surface area (Å²) in [6.45, 7) is 17.5. The van der Waals surface area contributed by atoms with Crippen LogP contribution < -0.4 is 0 Å². The Morgan fingerprint density at radius 2 is 1.24 bits per heavy atom. The second-order valence-corrected chi connectivity index (χ2v) is 11.6. The summed E-state index contributed by atoms with van der Waals surface area (Å²) in [5, 5.41) is 0. The molecular weight excluding hydrogens is 308 g/mol. The fourth-order valence-corrected chi connectivity index (χ4v) is 6.81. The number of hydrogen-bond acceptors (Lipinski definition) is 2. The lowest BCUT2D eigenvalue weighted by atomic mass is 9.49. The van der Waals surface area contributed by atoms with E-state index in [1.165, 1.54) is 32.1 Å². The maximum atomic E-state index is 13.7. The average Bonchev–Trinajstić information content (AvgIpc) is 2.47. The van der Waals surface area contributed by atoms with E-state index in [1.807, 2.05) is 0 Å². The SMILES string of the molecule is CCC1(OC(=O)C(C)(C(C)(C)C)C(C)(C)C)C2CC3CC(C2)CC1C3. The zero-order valence-corrected chi connectivity index (χ0v) is 17.9. The second kappa shape index (κ2) is 5.73. The molecule has 25 heavy (non-hydrogen) atoms. The summed E-state index contributed by atoms with van der Waals surface area (Å²) in [5.74, 6) is 3.04. The van der Waals surface area contributed by atoms with Crippen molar-refractivity contribution < 1.29 is 9.53 Å². The molecule has 0 heterocycles. The molecule has 0 atom stereocenters. The first kappa shape index (κ1) is 19.2. The highest BCUT2D eigenvalue weighted by Crippen LogP contribution is 2.62. The molecule has 0 saturated heterocycles. The lowest BCUT2D eigenvalue weighted by Crippen LogP contribution is -2.62. The zero-order chi connectivity index (χ0) is 18.8.